The Bertz CT molecular complexity index is 807. The van der Waals surface area contributed by atoms with Gasteiger partial charge >= 0.3 is 0 Å². The van der Waals surface area contributed by atoms with Crippen LogP contribution < -0.4 is 9.62 Å². The van der Waals surface area contributed by atoms with E-state index in [0.717, 1.165) is 10.7 Å². The molecule has 6 nitrogen and oxygen atoms in total. The van der Waals surface area contributed by atoms with Crippen molar-refractivity contribution in [1.82, 2.24) is 10.3 Å². The molecule has 0 saturated heterocycles. The Labute approximate surface area is 142 Å². The van der Waals surface area contributed by atoms with Gasteiger partial charge in [0.1, 0.15) is 0 Å². The van der Waals surface area contributed by atoms with Crippen molar-refractivity contribution in [1.29, 1.82) is 0 Å². The zero-order valence-corrected chi connectivity index (χ0v) is 14.7. The molecule has 2 aromatic rings. The Morgan fingerprint density at radius 3 is 2.54 bits per heavy atom. The van der Waals surface area contributed by atoms with E-state index in [1.165, 1.54) is 37.6 Å². The van der Waals surface area contributed by atoms with E-state index in [2.05, 4.69) is 10.3 Å². The van der Waals surface area contributed by atoms with E-state index in [-0.39, 0.29) is 16.8 Å². The van der Waals surface area contributed by atoms with Gasteiger partial charge in [0.25, 0.3) is 15.9 Å². The molecule has 1 aromatic carbocycles. The van der Waals surface area contributed by atoms with Crippen LogP contribution in [0.25, 0.3) is 0 Å². The lowest BCUT2D eigenvalue weighted by atomic mass is 10.2. The van der Waals surface area contributed by atoms with Crippen LogP contribution in [-0.2, 0) is 10.0 Å². The molecular weight excluding hydrogens is 326 g/mol. The molecule has 0 bridgehead atoms. The highest BCUT2D eigenvalue weighted by Crippen LogP contribution is 2.21. The molecule has 0 aliphatic rings. The fourth-order valence-corrected chi connectivity index (χ4v) is 3.22. The second kappa shape index (κ2) is 7.44. The average molecular weight is 347 g/mol. The standard InChI is InChI=1S/C17H21N3O3S/c1-4-13(2)19-17(21)14-10-15(12-18-11-14)20(3)24(22,23)16-8-6-5-7-9-16/h5-13H,4H2,1-3H3,(H,19,21)/t13-/m1/s1. The van der Waals surface area contributed by atoms with Gasteiger partial charge in [0.15, 0.2) is 0 Å². The predicted octanol–water partition coefficient (Wildman–Crippen LogP) is 2.44. The van der Waals surface area contributed by atoms with Gasteiger partial charge in [-0.2, -0.15) is 0 Å². The molecule has 2 rings (SSSR count). The normalized spacial score (nSPS) is 12.5. The number of amides is 1. The topological polar surface area (TPSA) is 79.4 Å². The lowest BCUT2D eigenvalue weighted by molar-refractivity contribution is 0.0939. The summed E-state index contributed by atoms with van der Waals surface area (Å²) < 4.78 is 26.4. The molecule has 0 radical (unpaired) electrons. The first-order chi connectivity index (χ1) is 11.4. The number of anilines is 1. The number of sulfonamides is 1. The van der Waals surface area contributed by atoms with E-state index in [9.17, 15) is 13.2 Å². The van der Waals surface area contributed by atoms with Crippen LogP contribution >= 0.6 is 0 Å². The number of carbonyl (C=O) groups excluding carboxylic acids is 1. The highest BCUT2D eigenvalue weighted by atomic mass is 32.2. The molecule has 24 heavy (non-hydrogen) atoms. The van der Waals surface area contributed by atoms with Crippen molar-refractivity contribution in [2.24, 2.45) is 0 Å². The van der Waals surface area contributed by atoms with Crippen LogP contribution in [0.4, 0.5) is 5.69 Å². The monoisotopic (exact) mass is 347 g/mol. The minimum atomic E-state index is -3.70. The Balaban J connectivity index is 2.29. The number of nitrogens with one attached hydrogen (secondary N) is 1. The smallest absolute Gasteiger partial charge is 0.264 e. The Morgan fingerprint density at radius 1 is 1.25 bits per heavy atom. The van der Waals surface area contributed by atoms with E-state index in [0.29, 0.717) is 11.3 Å². The number of carbonyl (C=O) groups is 1. The van der Waals surface area contributed by atoms with Crippen molar-refractivity contribution in [2.45, 2.75) is 31.2 Å². The summed E-state index contributed by atoms with van der Waals surface area (Å²) in [6.07, 6.45) is 3.64. The summed E-state index contributed by atoms with van der Waals surface area (Å²) in [4.78, 5) is 16.4. The Hall–Kier alpha value is -2.41. The third-order valence-corrected chi connectivity index (χ3v) is 5.54. The summed E-state index contributed by atoms with van der Waals surface area (Å²) in [5, 5.41) is 2.84. The lowest BCUT2D eigenvalue weighted by Crippen LogP contribution is -2.32. The molecule has 0 spiro atoms. The van der Waals surface area contributed by atoms with Crippen LogP contribution in [0.3, 0.4) is 0 Å². The first kappa shape index (κ1) is 17.9. The zero-order valence-electron chi connectivity index (χ0n) is 13.9. The summed E-state index contributed by atoms with van der Waals surface area (Å²) >= 11 is 0. The summed E-state index contributed by atoms with van der Waals surface area (Å²) in [5.41, 5.74) is 0.651. The molecule has 1 heterocycles. The molecular formula is C17H21N3O3S. The quantitative estimate of drug-likeness (QED) is 0.870. The van der Waals surface area contributed by atoms with Gasteiger partial charge in [0.2, 0.25) is 0 Å². The van der Waals surface area contributed by atoms with Crippen molar-refractivity contribution < 1.29 is 13.2 Å². The van der Waals surface area contributed by atoms with Crippen LogP contribution in [-0.4, -0.2) is 32.4 Å². The number of hydrogen-bond acceptors (Lipinski definition) is 4. The van der Waals surface area contributed by atoms with E-state index in [4.69, 9.17) is 0 Å². The fraction of sp³-hybridized carbons (Fsp3) is 0.294. The summed E-state index contributed by atoms with van der Waals surface area (Å²) in [6.45, 7) is 3.88. The van der Waals surface area contributed by atoms with Gasteiger partial charge in [-0.1, -0.05) is 25.1 Å². The molecule has 128 valence electrons. The second-order valence-electron chi connectivity index (χ2n) is 5.50. The number of nitrogens with zero attached hydrogens (tertiary/aromatic N) is 2. The predicted molar refractivity (Wildman–Crippen MR) is 93.5 cm³/mol. The molecule has 7 heteroatoms. The van der Waals surface area contributed by atoms with Gasteiger partial charge in [0, 0.05) is 19.3 Å². The van der Waals surface area contributed by atoms with Gasteiger partial charge in [-0.3, -0.25) is 14.1 Å². The highest BCUT2D eigenvalue weighted by Gasteiger charge is 2.22. The SMILES string of the molecule is CC[C@@H](C)NC(=O)c1cncc(N(C)S(=O)(=O)c2ccccc2)c1. The molecule has 1 aromatic heterocycles. The molecule has 1 N–H and O–H groups in total. The average Bonchev–Trinajstić information content (AvgIpc) is 2.61. The second-order valence-corrected chi connectivity index (χ2v) is 7.47. The van der Waals surface area contributed by atoms with E-state index in [1.807, 2.05) is 13.8 Å². The number of benzene rings is 1. The number of rotatable bonds is 6. The van der Waals surface area contributed by atoms with Gasteiger partial charge in [0.05, 0.1) is 22.3 Å². The minimum Gasteiger partial charge on any atom is -0.350 e. The summed E-state index contributed by atoms with van der Waals surface area (Å²) in [5.74, 6) is -0.274. The summed E-state index contributed by atoms with van der Waals surface area (Å²) in [6, 6.07) is 9.68. The molecule has 0 fully saturated rings. The third-order valence-electron chi connectivity index (χ3n) is 3.74. The van der Waals surface area contributed by atoms with Crippen molar-refractivity contribution in [3.63, 3.8) is 0 Å². The van der Waals surface area contributed by atoms with Gasteiger partial charge in [-0.25, -0.2) is 8.42 Å². The first-order valence-corrected chi connectivity index (χ1v) is 9.10. The van der Waals surface area contributed by atoms with Crippen molar-refractivity contribution >= 4 is 21.6 Å². The molecule has 1 atom stereocenters. The lowest BCUT2D eigenvalue weighted by Gasteiger charge is -2.20. The molecule has 0 unspecified atom stereocenters. The fourth-order valence-electron chi connectivity index (χ4n) is 2.02. The first-order valence-electron chi connectivity index (χ1n) is 7.66. The number of aromatic nitrogens is 1. The van der Waals surface area contributed by atoms with Crippen LogP contribution in [0.2, 0.25) is 0 Å². The molecule has 0 aliphatic carbocycles. The van der Waals surface area contributed by atoms with Gasteiger partial charge < -0.3 is 5.32 Å². The molecule has 0 saturated carbocycles. The molecule has 0 aliphatic heterocycles. The summed E-state index contributed by atoms with van der Waals surface area (Å²) in [7, 11) is -2.26. The van der Waals surface area contributed by atoms with Crippen LogP contribution in [0.1, 0.15) is 30.6 Å². The van der Waals surface area contributed by atoms with Crippen LogP contribution in [0.15, 0.2) is 53.7 Å². The number of pyridine rings is 1. The van der Waals surface area contributed by atoms with E-state index >= 15 is 0 Å². The van der Waals surface area contributed by atoms with E-state index in [1.54, 1.807) is 18.2 Å². The van der Waals surface area contributed by atoms with Crippen LogP contribution in [0, 0.1) is 0 Å². The van der Waals surface area contributed by atoms with Gasteiger partial charge in [-0.05, 0) is 31.5 Å². The Morgan fingerprint density at radius 2 is 1.92 bits per heavy atom. The van der Waals surface area contributed by atoms with Crippen molar-refractivity contribution in [3.8, 4) is 0 Å². The maximum Gasteiger partial charge on any atom is 0.264 e. The minimum absolute atomic E-state index is 0.0342. The maximum absolute atomic E-state index is 12.6. The third kappa shape index (κ3) is 3.91. The van der Waals surface area contributed by atoms with E-state index < -0.39 is 10.0 Å². The van der Waals surface area contributed by atoms with Crippen molar-refractivity contribution in [3.05, 3.63) is 54.4 Å². The largest absolute Gasteiger partial charge is 0.350 e. The number of hydrogen-bond donors (Lipinski definition) is 1. The maximum atomic E-state index is 12.6. The zero-order chi connectivity index (χ0) is 17.7. The highest BCUT2D eigenvalue weighted by molar-refractivity contribution is 7.92. The van der Waals surface area contributed by atoms with Gasteiger partial charge in [-0.15, -0.1) is 0 Å². The molecule has 1 amide bonds. The Kier molecular flexibility index (Phi) is 5.56. The van der Waals surface area contributed by atoms with Crippen LogP contribution in [0.5, 0.6) is 0 Å². The van der Waals surface area contributed by atoms with Crippen molar-refractivity contribution in [2.75, 3.05) is 11.4 Å².